The summed E-state index contributed by atoms with van der Waals surface area (Å²) in [4.78, 5) is 31.6. The Balaban J connectivity index is 1.47. The Bertz CT molecular complexity index is 1370. The van der Waals surface area contributed by atoms with Crippen LogP contribution in [0.2, 0.25) is 0 Å². The highest BCUT2D eigenvalue weighted by Crippen LogP contribution is 2.32. The zero-order valence-corrected chi connectivity index (χ0v) is 19.0. The first-order valence-corrected chi connectivity index (χ1v) is 11.4. The molecule has 1 aliphatic heterocycles. The molecule has 3 aromatic carbocycles. The van der Waals surface area contributed by atoms with Crippen LogP contribution >= 0.6 is 0 Å². The van der Waals surface area contributed by atoms with E-state index in [1.807, 2.05) is 48.5 Å². The summed E-state index contributed by atoms with van der Waals surface area (Å²) in [6, 6.07) is 19.0. The van der Waals surface area contributed by atoms with Crippen LogP contribution in [0.25, 0.3) is 22.1 Å². The van der Waals surface area contributed by atoms with Crippen molar-refractivity contribution in [3.05, 3.63) is 78.3 Å². The number of fused-ring (bicyclic) bond motifs is 1. The Morgan fingerprint density at radius 2 is 1.79 bits per heavy atom. The van der Waals surface area contributed by atoms with Gasteiger partial charge < -0.3 is 20.4 Å². The fraction of sp³-hybridized carbons (Fsp3) is 0.222. The predicted octanol–water partition coefficient (Wildman–Crippen LogP) is 5.08. The predicted molar refractivity (Wildman–Crippen MR) is 133 cm³/mol. The molecule has 34 heavy (non-hydrogen) atoms. The van der Waals surface area contributed by atoms with Gasteiger partial charge in [0.15, 0.2) is 17.8 Å². The van der Waals surface area contributed by atoms with Crippen LogP contribution in [0.4, 0.5) is 11.4 Å². The third kappa shape index (κ3) is 4.24. The van der Waals surface area contributed by atoms with Crippen molar-refractivity contribution in [2.24, 2.45) is 11.7 Å². The van der Waals surface area contributed by atoms with Gasteiger partial charge in [-0.15, -0.1) is 0 Å². The number of hydrogen-bond acceptors (Lipinski definition) is 5. The lowest BCUT2D eigenvalue weighted by Gasteiger charge is -2.33. The van der Waals surface area contributed by atoms with Crippen LogP contribution in [0.15, 0.2) is 71.5 Å². The van der Waals surface area contributed by atoms with Gasteiger partial charge in [0, 0.05) is 24.2 Å². The lowest BCUT2D eigenvalue weighted by atomic mass is 9.98. The van der Waals surface area contributed by atoms with Crippen molar-refractivity contribution in [2.45, 2.75) is 19.8 Å². The number of benzene rings is 3. The molecule has 1 aromatic heterocycles. The summed E-state index contributed by atoms with van der Waals surface area (Å²) in [7, 11) is 0. The number of carbonyl (C=O) groups is 2. The minimum atomic E-state index is -0.549. The molecule has 7 nitrogen and oxygen atoms in total. The number of nitrogens with zero attached hydrogens (tertiary/aromatic N) is 2. The molecule has 0 bridgehead atoms. The van der Waals surface area contributed by atoms with E-state index in [1.54, 1.807) is 12.1 Å². The average Bonchev–Trinajstić information content (AvgIpc) is 3.34. The van der Waals surface area contributed by atoms with E-state index in [4.69, 9.17) is 10.2 Å². The monoisotopic (exact) mass is 454 g/mol. The van der Waals surface area contributed by atoms with Gasteiger partial charge in [0.05, 0.1) is 11.4 Å². The minimum absolute atomic E-state index is 0.179. The summed E-state index contributed by atoms with van der Waals surface area (Å²) in [5.74, 6) is 0.0965. The lowest BCUT2D eigenvalue weighted by Crippen LogP contribution is -2.33. The number of hydrogen-bond donors (Lipinski definition) is 2. The van der Waals surface area contributed by atoms with Crippen LogP contribution in [0.3, 0.4) is 0 Å². The number of primary amides is 1. The molecular weight excluding hydrogens is 428 g/mol. The number of piperidine rings is 1. The molecule has 172 valence electrons. The fourth-order valence-electron chi connectivity index (χ4n) is 4.44. The molecule has 0 radical (unpaired) electrons. The van der Waals surface area contributed by atoms with Crippen molar-refractivity contribution < 1.29 is 14.0 Å². The van der Waals surface area contributed by atoms with Gasteiger partial charge in [0.1, 0.15) is 0 Å². The molecule has 2 amide bonds. The Morgan fingerprint density at radius 1 is 1.03 bits per heavy atom. The first kappa shape index (κ1) is 21.7. The van der Waals surface area contributed by atoms with Crippen molar-refractivity contribution in [3.8, 4) is 11.3 Å². The van der Waals surface area contributed by atoms with E-state index in [0.717, 1.165) is 48.0 Å². The van der Waals surface area contributed by atoms with Crippen molar-refractivity contribution in [3.63, 3.8) is 0 Å². The molecule has 1 fully saturated rings. The van der Waals surface area contributed by atoms with Gasteiger partial charge in [-0.2, -0.15) is 0 Å². The van der Waals surface area contributed by atoms with Gasteiger partial charge in [0.25, 0.3) is 5.91 Å². The first-order valence-electron chi connectivity index (χ1n) is 11.4. The summed E-state index contributed by atoms with van der Waals surface area (Å²) in [5, 5.41) is 5.09. The molecule has 0 atom stereocenters. The summed E-state index contributed by atoms with van der Waals surface area (Å²) in [5.41, 5.74) is 8.17. The maximum atomic E-state index is 13.3. The van der Waals surface area contributed by atoms with E-state index in [1.165, 1.54) is 6.39 Å². The van der Waals surface area contributed by atoms with Crippen LogP contribution in [0.5, 0.6) is 0 Å². The number of anilines is 2. The second-order valence-corrected chi connectivity index (χ2v) is 8.81. The van der Waals surface area contributed by atoms with E-state index in [0.29, 0.717) is 22.9 Å². The zero-order valence-electron chi connectivity index (χ0n) is 19.0. The maximum Gasteiger partial charge on any atom is 0.278 e. The largest absolute Gasteiger partial charge is 0.443 e. The molecule has 0 aliphatic carbocycles. The van der Waals surface area contributed by atoms with Crippen molar-refractivity contribution >= 4 is 34.0 Å². The Hall–Kier alpha value is -4.13. The Morgan fingerprint density at radius 3 is 2.56 bits per heavy atom. The number of rotatable bonds is 5. The average molecular weight is 455 g/mol. The van der Waals surface area contributed by atoms with Gasteiger partial charge in [-0.05, 0) is 53.8 Å². The molecule has 2 heterocycles. The first-order chi connectivity index (χ1) is 16.5. The fourth-order valence-corrected chi connectivity index (χ4v) is 4.44. The smallest absolute Gasteiger partial charge is 0.278 e. The third-order valence-electron chi connectivity index (χ3n) is 6.45. The van der Waals surface area contributed by atoms with Crippen LogP contribution in [-0.2, 0) is 0 Å². The minimum Gasteiger partial charge on any atom is -0.443 e. The van der Waals surface area contributed by atoms with Crippen LogP contribution in [0, 0.1) is 5.92 Å². The number of amides is 2. The second kappa shape index (κ2) is 9.02. The Kier molecular flexibility index (Phi) is 5.76. The maximum absolute atomic E-state index is 13.3. The van der Waals surface area contributed by atoms with E-state index >= 15 is 0 Å². The topological polar surface area (TPSA) is 101 Å². The summed E-state index contributed by atoms with van der Waals surface area (Å²) in [6.07, 6.45) is 3.41. The van der Waals surface area contributed by atoms with E-state index < -0.39 is 11.8 Å². The van der Waals surface area contributed by atoms with Crippen molar-refractivity contribution in [2.75, 3.05) is 23.3 Å². The zero-order chi connectivity index (χ0) is 23.7. The summed E-state index contributed by atoms with van der Waals surface area (Å²) < 4.78 is 5.62. The van der Waals surface area contributed by atoms with Gasteiger partial charge in [0.2, 0.25) is 5.91 Å². The normalized spacial score (nSPS) is 14.3. The van der Waals surface area contributed by atoms with Crippen molar-refractivity contribution in [1.29, 1.82) is 0 Å². The quantitative estimate of drug-likeness (QED) is 0.438. The summed E-state index contributed by atoms with van der Waals surface area (Å²) in [6.45, 7) is 4.01. The van der Waals surface area contributed by atoms with Crippen LogP contribution in [-0.4, -0.2) is 29.9 Å². The van der Waals surface area contributed by atoms with Gasteiger partial charge in [-0.25, -0.2) is 4.98 Å². The molecule has 5 rings (SSSR count). The number of oxazole rings is 1. The second-order valence-electron chi connectivity index (χ2n) is 8.81. The number of carbonyl (C=O) groups excluding carboxylic acids is 2. The number of aromatic nitrogens is 1. The van der Waals surface area contributed by atoms with E-state index in [9.17, 15) is 9.59 Å². The van der Waals surface area contributed by atoms with Gasteiger partial charge in [-0.1, -0.05) is 43.3 Å². The molecule has 0 saturated carbocycles. The molecule has 7 heteroatoms. The highest BCUT2D eigenvalue weighted by molar-refractivity contribution is 6.09. The lowest BCUT2D eigenvalue weighted by molar-refractivity contribution is 0.0995. The molecule has 0 unspecified atom stereocenters. The molecule has 4 aromatic rings. The standard InChI is InChI=1S/C27H26N4O3/c1-17-10-12-31(13-11-17)23-9-8-21(26(28)32)15-22(23)30-27(33)24-25(34-16-29-24)20-7-6-18-4-2-3-5-19(18)14-20/h2-9,14-17H,10-13H2,1H3,(H2,28,32)(H,30,33). The molecular formula is C27H26N4O3. The summed E-state index contributed by atoms with van der Waals surface area (Å²) >= 11 is 0. The Labute approximate surface area is 197 Å². The van der Waals surface area contributed by atoms with Crippen LogP contribution in [0.1, 0.15) is 40.6 Å². The number of nitrogens with two attached hydrogens (primary N) is 1. The number of nitrogens with one attached hydrogen (secondary N) is 1. The molecule has 1 saturated heterocycles. The van der Waals surface area contributed by atoms with E-state index in [-0.39, 0.29) is 5.69 Å². The van der Waals surface area contributed by atoms with Gasteiger partial charge >= 0.3 is 0 Å². The highest BCUT2D eigenvalue weighted by Gasteiger charge is 2.23. The molecule has 1 aliphatic rings. The molecule has 3 N–H and O–H groups in total. The third-order valence-corrected chi connectivity index (χ3v) is 6.45. The van der Waals surface area contributed by atoms with Crippen LogP contribution < -0.4 is 16.0 Å². The highest BCUT2D eigenvalue weighted by atomic mass is 16.3. The SMILES string of the molecule is CC1CCN(c2ccc(C(N)=O)cc2NC(=O)c2ncoc2-c2ccc3ccccc3c2)CC1. The van der Waals surface area contributed by atoms with Gasteiger partial charge in [-0.3, -0.25) is 9.59 Å². The van der Waals surface area contributed by atoms with E-state index in [2.05, 4.69) is 22.1 Å². The molecule has 0 spiro atoms. The van der Waals surface area contributed by atoms with Crippen molar-refractivity contribution in [1.82, 2.24) is 4.98 Å².